The zero-order valence-electron chi connectivity index (χ0n) is 9.97. The molecule has 2 radical (unpaired) electrons. The summed E-state index contributed by atoms with van der Waals surface area (Å²) in [5.74, 6) is 0. The first kappa shape index (κ1) is 10.3. The van der Waals surface area contributed by atoms with Crippen molar-refractivity contribution in [2.45, 2.75) is 27.7 Å². The Morgan fingerprint density at radius 1 is 1.07 bits per heavy atom. The Balaban J connectivity index is 3.06. The molecule has 0 spiro atoms. The lowest BCUT2D eigenvalue weighted by atomic mass is 9.87. The van der Waals surface area contributed by atoms with E-state index in [-0.39, 0.29) is 0 Å². The zero-order valence-corrected chi connectivity index (χ0v) is 9.97. The van der Waals surface area contributed by atoms with E-state index in [1.54, 1.807) is 0 Å². The normalized spacial score (nSPS) is 11.3. The summed E-state index contributed by atoms with van der Waals surface area (Å²) in [6.07, 6.45) is 0. The van der Waals surface area contributed by atoms with Crippen molar-refractivity contribution in [1.82, 2.24) is 9.55 Å². The highest BCUT2D eigenvalue weighted by molar-refractivity contribution is 6.40. The van der Waals surface area contributed by atoms with Crippen molar-refractivity contribution in [2.75, 3.05) is 0 Å². The highest BCUT2D eigenvalue weighted by Gasteiger charge is 2.13. The van der Waals surface area contributed by atoms with Gasteiger partial charge in [-0.05, 0) is 38.8 Å². The summed E-state index contributed by atoms with van der Waals surface area (Å²) in [7, 11) is 8.18. The Kier molecular flexibility index (Phi) is 2.14. The molecule has 2 nitrogen and oxygen atoms in total. The van der Waals surface area contributed by atoms with E-state index < -0.39 is 0 Å². The van der Waals surface area contributed by atoms with Crippen LogP contribution in [0.2, 0.25) is 0 Å². The second-order valence-corrected chi connectivity index (χ2v) is 4.20. The van der Waals surface area contributed by atoms with E-state index in [0.717, 1.165) is 27.8 Å². The average molecular weight is 198 g/mol. The lowest BCUT2D eigenvalue weighted by Gasteiger charge is -2.07. The second-order valence-electron chi connectivity index (χ2n) is 4.20. The average Bonchev–Trinajstić information content (AvgIpc) is 2.40. The summed E-state index contributed by atoms with van der Waals surface area (Å²) in [6.45, 7) is 8.23. The highest BCUT2D eigenvalue weighted by atomic mass is 15.0. The number of nitrogens with zero attached hydrogens (tertiary/aromatic N) is 2. The zero-order chi connectivity index (χ0) is 11.3. The Morgan fingerprint density at radius 3 is 2.27 bits per heavy atom. The van der Waals surface area contributed by atoms with Gasteiger partial charge >= 0.3 is 0 Å². The molecule has 2 aromatic heterocycles. The highest BCUT2D eigenvalue weighted by Crippen LogP contribution is 2.22. The number of aryl methyl sites for hydroxylation is 3. The van der Waals surface area contributed by atoms with E-state index >= 15 is 0 Å². The number of hydrogen-bond acceptors (Lipinski definition) is 1. The van der Waals surface area contributed by atoms with Crippen LogP contribution in [0.5, 0.6) is 0 Å². The van der Waals surface area contributed by atoms with Crippen LogP contribution in [-0.4, -0.2) is 17.4 Å². The molecule has 0 saturated carbocycles. The molecule has 0 aliphatic carbocycles. The molecule has 0 bridgehead atoms. The van der Waals surface area contributed by atoms with Crippen molar-refractivity contribution in [1.29, 1.82) is 0 Å². The van der Waals surface area contributed by atoms with Crippen molar-refractivity contribution in [2.24, 2.45) is 7.05 Å². The van der Waals surface area contributed by atoms with Gasteiger partial charge in [0.15, 0.2) is 0 Å². The van der Waals surface area contributed by atoms with Gasteiger partial charge in [0.05, 0.1) is 0 Å². The van der Waals surface area contributed by atoms with Crippen LogP contribution in [0, 0.1) is 27.7 Å². The second kappa shape index (κ2) is 3.12. The molecule has 0 amide bonds. The topological polar surface area (TPSA) is 17.8 Å². The van der Waals surface area contributed by atoms with Crippen LogP contribution in [-0.2, 0) is 7.05 Å². The minimum absolute atomic E-state index is 0.874. The van der Waals surface area contributed by atoms with Crippen LogP contribution in [0.15, 0.2) is 0 Å². The fraction of sp³-hybridized carbons (Fsp3) is 0.417. The Bertz CT molecular complexity index is 553. The predicted octanol–water partition coefficient (Wildman–Crippen LogP) is 1.60. The first-order valence-corrected chi connectivity index (χ1v) is 5.13. The summed E-state index contributed by atoms with van der Waals surface area (Å²) in [6, 6.07) is 0. The Morgan fingerprint density at radius 2 is 1.67 bits per heavy atom. The van der Waals surface area contributed by atoms with Gasteiger partial charge in [0, 0.05) is 23.8 Å². The van der Waals surface area contributed by atoms with E-state index in [4.69, 9.17) is 7.85 Å². The quantitative estimate of drug-likeness (QED) is 0.588. The maximum absolute atomic E-state index is 6.15. The van der Waals surface area contributed by atoms with E-state index in [0.29, 0.717) is 0 Å². The smallest absolute Gasteiger partial charge is 0.139 e. The van der Waals surface area contributed by atoms with Crippen LogP contribution in [0.25, 0.3) is 11.0 Å². The summed E-state index contributed by atoms with van der Waals surface area (Å²) in [4.78, 5) is 4.60. The van der Waals surface area contributed by atoms with Crippen LogP contribution >= 0.6 is 0 Å². The Hall–Kier alpha value is -1.25. The van der Waals surface area contributed by atoms with Crippen molar-refractivity contribution in [3.63, 3.8) is 0 Å². The van der Waals surface area contributed by atoms with E-state index in [2.05, 4.69) is 23.4 Å². The first-order chi connectivity index (χ1) is 6.95. The van der Waals surface area contributed by atoms with E-state index in [1.165, 1.54) is 11.3 Å². The molecule has 2 rings (SSSR count). The van der Waals surface area contributed by atoms with Gasteiger partial charge in [-0.2, -0.15) is 0 Å². The lowest BCUT2D eigenvalue weighted by molar-refractivity contribution is 0.891. The molecule has 0 N–H and O–H groups in total. The third-order valence-electron chi connectivity index (χ3n) is 3.45. The Labute approximate surface area is 91.7 Å². The maximum atomic E-state index is 6.15. The summed E-state index contributed by atoms with van der Waals surface area (Å²) in [5.41, 5.74) is 6.44. The number of rotatable bonds is 0. The molecule has 0 atom stereocenters. The minimum atomic E-state index is 0.874. The molecular formula is C12H15BN2. The molecule has 15 heavy (non-hydrogen) atoms. The fourth-order valence-corrected chi connectivity index (χ4v) is 2.01. The van der Waals surface area contributed by atoms with Gasteiger partial charge in [-0.3, -0.25) is 0 Å². The number of fused-ring (bicyclic) bond motifs is 1. The van der Waals surface area contributed by atoms with E-state index in [1.807, 2.05) is 20.9 Å². The van der Waals surface area contributed by atoms with Crippen LogP contribution in [0.1, 0.15) is 22.5 Å². The minimum Gasteiger partial charge on any atom is -0.333 e. The molecule has 76 valence electrons. The van der Waals surface area contributed by atoms with Gasteiger partial charge in [-0.25, -0.2) is 4.98 Å². The molecule has 2 heterocycles. The summed E-state index contributed by atoms with van der Waals surface area (Å²) < 4.78 is 2.10. The molecule has 2 aromatic rings. The SMILES string of the molecule is [B]c1c(C)c(C)nc2c1c(C)c(C)n2C. The number of hydrogen-bond donors (Lipinski definition) is 0. The van der Waals surface area contributed by atoms with Crippen LogP contribution < -0.4 is 5.46 Å². The van der Waals surface area contributed by atoms with Crippen molar-refractivity contribution in [3.05, 3.63) is 22.5 Å². The number of aromatic nitrogens is 2. The molecular weight excluding hydrogens is 183 g/mol. The van der Waals surface area contributed by atoms with Gasteiger partial charge in [-0.1, -0.05) is 5.46 Å². The van der Waals surface area contributed by atoms with Crippen LogP contribution in [0.4, 0.5) is 0 Å². The van der Waals surface area contributed by atoms with Gasteiger partial charge in [0.1, 0.15) is 13.5 Å². The molecule has 0 aliphatic rings. The molecule has 0 aromatic carbocycles. The first-order valence-electron chi connectivity index (χ1n) is 5.13. The monoisotopic (exact) mass is 198 g/mol. The van der Waals surface area contributed by atoms with Gasteiger partial charge in [-0.15, -0.1) is 0 Å². The van der Waals surface area contributed by atoms with Gasteiger partial charge < -0.3 is 4.57 Å². The molecule has 3 heteroatoms. The van der Waals surface area contributed by atoms with Crippen LogP contribution in [0.3, 0.4) is 0 Å². The lowest BCUT2D eigenvalue weighted by Crippen LogP contribution is -2.12. The van der Waals surface area contributed by atoms with Crippen molar-refractivity contribution < 1.29 is 0 Å². The standard InChI is InChI=1S/C12H15BN2/c1-6-8(3)14-12-10(11(6)13)7(2)9(4)15(12)5/h1-5H3. The molecule has 0 unspecified atom stereocenters. The number of pyridine rings is 1. The molecule has 0 fully saturated rings. The van der Waals surface area contributed by atoms with Crippen molar-refractivity contribution >= 4 is 24.3 Å². The predicted molar refractivity (Wildman–Crippen MR) is 65.1 cm³/mol. The largest absolute Gasteiger partial charge is 0.333 e. The third-order valence-corrected chi connectivity index (χ3v) is 3.45. The maximum Gasteiger partial charge on any atom is 0.139 e. The molecule has 0 saturated heterocycles. The molecule has 0 aliphatic heterocycles. The summed E-state index contributed by atoms with van der Waals surface area (Å²) in [5, 5.41) is 1.11. The van der Waals surface area contributed by atoms with Gasteiger partial charge in [0.25, 0.3) is 0 Å². The van der Waals surface area contributed by atoms with E-state index in [9.17, 15) is 0 Å². The summed E-state index contributed by atoms with van der Waals surface area (Å²) >= 11 is 0. The fourth-order valence-electron chi connectivity index (χ4n) is 2.01. The van der Waals surface area contributed by atoms with Gasteiger partial charge in [0.2, 0.25) is 0 Å². The third kappa shape index (κ3) is 1.22. The van der Waals surface area contributed by atoms with Crippen molar-refractivity contribution in [3.8, 4) is 0 Å².